The van der Waals surface area contributed by atoms with Crippen LogP contribution in [-0.4, -0.2) is 22.5 Å². The van der Waals surface area contributed by atoms with Crippen LogP contribution in [0.3, 0.4) is 0 Å². The molecule has 0 spiro atoms. The van der Waals surface area contributed by atoms with E-state index in [4.69, 9.17) is 5.73 Å². The molecular formula is C14H18N2O3. The highest BCUT2D eigenvalue weighted by molar-refractivity contribution is 6.04. The molecular weight excluding hydrogens is 244 g/mol. The molecule has 1 aromatic rings. The fraction of sp³-hybridized carbons (Fsp3) is 0.429. The number of hydrogen-bond donors (Lipinski definition) is 3. The molecule has 0 bridgehead atoms. The molecule has 1 fully saturated rings. The van der Waals surface area contributed by atoms with Crippen LogP contribution in [0.4, 0.5) is 5.69 Å². The Morgan fingerprint density at radius 2 is 2.05 bits per heavy atom. The second-order valence-corrected chi connectivity index (χ2v) is 5.31. The molecule has 0 saturated heterocycles. The molecule has 0 aliphatic heterocycles. The second-order valence-electron chi connectivity index (χ2n) is 5.31. The third-order valence-electron chi connectivity index (χ3n) is 3.65. The number of carbonyl (C=O) groups is 2. The van der Waals surface area contributed by atoms with Crippen molar-refractivity contribution in [1.29, 1.82) is 0 Å². The summed E-state index contributed by atoms with van der Waals surface area (Å²) < 4.78 is 0. The van der Waals surface area contributed by atoms with E-state index in [1.165, 1.54) is 0 Å². The Kier molecular flexibility index (Phi) is 3.32. The van der Waals surface area contributed by atoms with Crippen LogP contribution in [0.1, 0.15) is 35.7 Å². The first-order valence-corrected chi connectivity index (χ1v) is 6.27. The molecule has 19 heavy (non-hydrogen) atoms. The molecule has 102 valence electrons. The largest absolute Gasteiger partial charge is 0.478 e. The van der Waals surface area contributed by atoms with Gasteiger partial charge >= 0.3 is 5.97 Å². The first-order chi connectivity index (χ1) is 8.84. The number of hydrogen-bond acceptors (Lipinski definition) is 3. The number of amides is 1. The van der Waals surface area contributed by atoms with Crippen LogP contribution < -0.4 is 11.1 Å². The van der Waals surface area contributed by atoms with E-state index in [1.807, 2.05) is 0 Å². The first kappa shape index (κ1) is 13.5. The maximum Gasteiger partial charge on any atom is 0.338 e. The summed E-state index contributed by atoms with van der Waals surface area (Å²) in [7, 11) is 0. The number of nitrogens with one attached hydrogen (secondary N) is 1. The predicted octanol–water partition coefficient (Wildman–Crippen LogP) is 1.76. The molecule has 1 aromatic carbocycles. The van der Waals surface area contributed by atoms with Crippen LogP contribution >= 0.6 is 0 Å². The van der Waals surface area contributed by atoms with Crippen molar-refractivity contribution in [2.75, 3.05) is 5.32 Å². The summed E-state index contributed by atoms with van der Waals surface area (Å²) in [5.41, 5.74) is 6.09. The van der Waals surface area contributed by atoms with E-state index >= 15 is 0 Å². The third-order valence-corrected chi connectivity index (χ3v) is 3.65. The highest BCUT2D eigenvalue weighted by atomic mass is 16.4. The first-order valence-electron chi connectivity index (χ1n) is 6.27. The molecule has 1 amide bonds. The number of carboxylic acids is 1. The zero-order chi connectivity index (χ0) is 14.2. The van der Waals surface area contributed by atoms with Crippen LogP contribution in [-0.2, 0) is 4.79 Å². The number of aromatic carboxylic acids is 1. The number of rotatable bonds is 4. The highest BCUT2D eigenvalue weighted by Gasteiger charge is 2.44. The number of carbonyl (C=O) groups excluding carboxylic acids is 1. The summed E-state index contributed by atoms with van der Waals surface area (Å²) in [6, 6.07) is 4.99. The van der Waals surface area contributed by atoms with Crippen molar-refractivity contribution >= 4 is 17.6 Å². The number of carboxylic acid groups (broad SMARTS) is 1. The van der Waals surface area contributed by atoms with Crippen molar-refractivity contribution in [2.24, 2.45) is 11.7 Å². The third kappa shape index (κ3) is 2.61. The molecule has 1 saturated carbocycles. The lowest BCUT2D eigenvalue weighted by molar-refractivity contribution is -0.121. The van der Waals surface area contributed by atoms with Gasteiger partial charge in [-0.25, -0.2) is 4.79 Å². The van der Waals surface area contributed by atoms with E-state index in [1.54, 1.807) is 32.0 Å². The molecule has 1 atom stereocenters. The topological polar surface area (TPSA) is 92.4 Å². The molecule has 5 nitrogen and oxygen atoms in total. The molecule has 5 heteroatoms. The molecule has 1 unspecified atom stereocenters. The minimum absolute atomic E-state index is 0.113. The van der Waals surface area contributed by atoms with Crippen molar-refractivity contribution in [3.8, 4) is 0 Å². The number of anilines is 1. The molecule has 0 radical (unpaired) electrons. The fourth-order valence-corrected chi connectivity index (χ4v) is 2.18. The molecule has 0 heterocycles. The number of nitrogens with two attached hydrogens (primary N) is 1. The Morgan fingerprint density at radius 1 is 1.42 bits per heavy atom. The average molecular weight is 262 g/mol. The van der Waals surface area contributed by atoms with E-state index in [-0.39, 0.29) is 17.4 Å². The van der Waals surface area contributed by atoms with Gasteiger partial charge in [0.2, 0.25) is 5.91 Å². The molecule has 1 aliphatic rings. The summed E-state index contributed by atoms with van der Waals surface area (Å²) in [4.78, 5) is 23.4. The Balaban J connectivity index is 2.26. The lowest BCUT2D eigenvalue weighted by Gasteiger charge is -2.23. The summed E-state index contributed by atoms with van der Waals surface area (Å²) in [5, 5.41) is 11.9. The van der Waals surface area contributed by atoms with Gasteiger partial charge in [0.25, 0.3) is 0 Å². The van der Waals surface area contributed by atoms with Crippen LogP contribution in [0, 0.1) is 12.8 Å². The molecule has 4 N–H and O–H groups in total. The van der Waals surface area contributed by atoms with E-state index in [0.29, 0.717) is 11.3 Å². The molecule has 0 aromatic heterocycles. The molecule has 2 rings (SSSR count). The zero-order valence-electron chi connectivity index (χ0n) is 11.1. The van der Waals surface area contributed by atoms with E-state index in [2.05, 4.69) is 5.32 Å². The fourth-order valence-electron chi connectivity index (χ4n) is 2.18. The lowest BCUT2D eigenvalue weighted by Crippen LogP contribution is -2.50. The minimum Gasteiger partial charge on any atom is -0.478 e. The zero-order valence-corrected chi connectivity index (χ0v) is 11.1. The van der Waals surface area contributed by atoms with Gasteiger partial charge in [-0.15, -0.1) is 0 Å². The second kappa shape index (κ2) is 4.66. The Hall–Kier alpha value is -1.88. The van der Waals surface area contributed by atoms with Crippen molar-refractivity contribution in [3.05, 3.63) is 29.3 Å². The van der Waals surface area contributed by atoms with Gasteiger partial charge in [-0.05, 0) is 44.2 Å². The Labute approximate surface area is 111 Å². The summed E-state index contributed by atoms with van der Waals surface area (Å²) in [6.45, 7) is 3.39. The normalized spacial score (nSPS) is 17.6. The van der Waals surface area contributed by atoms with Gasteiger partial charge in [-0.3, -0.25) is 4.79 Å². The van der Waals surface area contributed by atoms with E-state index < -0.39 is 11.5 Å². The average Bonchev–Trinajstić information content (AvgIpc) is 3.12. The van der Waals surface area contributed by atoms with Gasteiger partial charge < -0.3 is 16.2 Å². The van der Waals surface area contributed by atoms with Crippen LogP contribution in [0.5, 0.6) is 0 Å². The highest BCUT2D eigenvalue weighted by Crippen LogP contribution is 2.38. The summed E-state index contributed by atoms with van der Waals surface area (Å²) >= 11 is 0. The minimum atomic E-state index is -1.06. The summed E-state index contributed by atoms with van der Waals surface area (Å²) in [6.07, 6.45) is 1.89. The SMILES string of the molecule is Cc1cccc(NC(=O)C(C)(N)C2CC2)c1C(=O)O. The van der Waals surface area contributed by atoms with E-state index in [0.717, 1.165) is 12.8 Å². The van der Waals surface area contributed by atoms with Crippen LogP contribution in [0.2, 0.25) is 0 Å². The predicted molar refractivity (Wildman–Crippen MR) is 72.1 cm³/mol. The smallest absolute Gasteiger partial charge is 0.338 e. The van der Waals surface area contributed by atoms with Gasteiger partial charge in [-0.2, -0.15) is 0 Å². The lowest BCUT2D eigenvalue weighted by atomic mass is 9.95. The van der Waals surface area contributed by atoms with Gasteiger partial charge in [-0.1, -0.05) is 12.1 Å². The maximum atomic E-state index is 12.2. The van der Waals surface area contributed by atoms with E-state index in [9.17, 15) is 14.7 Å². The quantitative estimate of drug-likeness (QED) is 0.770. The van der Waals surface area contributed by atoms with Crippen molar-refractivity contribution in [1.82, 2.24) is 0 Å². The van der Waals surface area contributed by atoms with Gasteiger partial charge in [0, 0.05) is 0 Å². The maximum absolute atomic E-state index is 12.2. The molecule has 1 aliphatic carbocycles. The Morgan fingerprint density at radius 3 is 2.58 bits per heavy atom. The standard InChI is InChI=1S/C14H18N2O3/c1-8-4-3-5-10(11(8)12(17)18)16-13(19)14(2,15)9-6-7-9/h3-5,9H,6-7,15H2,1-2H3,(H,16,19)(H,17,18). The van der Waals surface area contributed by atoms with Gasteiger partial charge in [0.15, 0.2) is 0 Å². The number of benzene rings is 1. The van der Waals surface area contributed by atoms with Gasteiger partial charge in [0.1, 0.15) is 0 Å². The van der Waals surface area contributed by atoms with Crippen molar-refractivity contribution < 1.29 is 14.7 Å². The monoisotopic (exact) mass is 262 g/mol. The van der Waals surface area contributed by atoms with Crippen LogP contribution in [0.25, 0.3) is 0 Å². The van der Waals surface area contributed by atoms with Crippen molar-refractivity contribution in [2.45, 2.75) is 32.2 Å². The Bertz CT molecular complexity index is 533. The summed E-state index contributed by atoms with van der Waals surface area (Å²) in [5.74, 6) is -1.20. The van der Waals surface area contributed by atoms with Crippen molar-refractivity contribution in [3.63, 3.8) is 0 Å². The van der Waals surface area contributed by atoms with Gasteiger partial charge in [0.05, 0.1) is 16.8 Å². The number of aryl methyl sites for hydroxylation is 1. The van der Waals surface area contributed by atoms with Crippen LogP contribution in [0.15, 0.2) is 18.2 Å².